The molecule has 1 aliphatic rings. The van der Waals surface area contributed by atoms with Crippen molar-refractivity contribution in [3.05, 3.63) is 33.9 Å². The van der Waals surface area contributed by atoms with Crippen molar-refractivity contribution in [1.82, 2.24) is 4.90 Å². The minimum atomic E-state index is -0.724. The van der Waals surface area contributed by atoms with Crippen LogP contribution >= 0.6 is 0 Å². The summed E-state index contributed by atoms with van der Waals surface area (Å²) in [5.74, 6) is -1.03. The topological polar surface area (TPSA) is 60.8 Å². The van der Waals surface area contributed by atoms with Crippen LogP contribution in [0.25, 0.3) is 0 Å². The van der Waals surface area contributed by atoms with Crippen molar-refractivity contribution in [2.45, 2.75) is 46.6 Å². The molecule has 1 aliphatic heterocycles. The van der Waals surface area contributed by atoms with E-state index < -0.39 is 12.1 Å². The molecule has 0 radical (unpaired) electrons. The number of aliphatic carboxylic acids is 1. The third-order valence-electron chi connectivity index (χ3n) is 5.04. The number of rotatable bonds is 4. The Labute approximate surface area is 132 Å². The first kappa shape index (κ1) is 17.0. The Morgan fingerprint density at radius 2 is 1.86 bits per heavy atom. The SMILES string of the molecule is Cc1cc(C)c(C)c(C(O)CN2CCCC(C(=O)O)C2)c1C. The van der Waals surface area contributed by atoms with Crippen molar-refractivity contribution in [2.24, 2.45) is 5.92 Å². The molecule has 22 heavy (non-hydrogen) atoms. The average Bonchev–Trinajstić information content (AvgIpc) is 2.45. The Bertz CT molecular complexity index is 542. The molecule has 0 amide bonds. The van der Waals surface area contributed by atoms with Crippen LogP contribution < -0.4 is 0 Å². The third-order valence-corrected chi connectivity index (χ3v) is 5.04. The number of carbonyl (C=O) groups is 1. The van der Waals surface area contributed by atoms with Crippen LogP contribution in [0.3, 0.4) is 0 Å². The van der Waals surface area contributed by atoms with E-state index in [0.29, 0.717) is 13.1 Å². The van der Waals surface area contributed by atoms with Crippen LogP contribution in [-0.2, 0) is 4.79 Å². The second kappa shape index (κ2) is 6.80. The summed E-state index contributed by atoms with van der Waals surface area (Å²) in [4.78, 5) is 13.3. The van der Waals surface area contributed by atoms with Crippen LogP contribution in [0, 0.1) is 33.6 Å². The first-order valence-electron chi connectivity index (χ1n) is 8.01. The molecule has 122 valence electrons. The van der Waals surface area contributed by atoms with Crippen molar-refractivity contribution >= 4 is 5.97 Å². The van der Waals surface area contributed by atoms with Gasteiger partial charge in [0.05, 0.1) is 12.0 Å². The van der Waals surface area contributed by atoms with Crippen molar-refractivity contribution in [3.63, 3.8) is 0 Å². The van der Waals surface area contributed by atoms with Gasteiger partial charge in [-0.05, 0) is 74.9 Å². The Hall–Kier alpha value is -1.39. The number of carboxylic acid groups (broad SMARTS) is 1. The fraction of sp³-hybridized carbons (Fsp3) is 0.611. The molecule has 0 bridgehead atoms. The zero-order valence-corrected chi connectivity index (χ0v) is 14.0. The van der Waals surface area contributed by atoms with Gasteiger partial charge >= 0.3 is 5.97 Å². The molecule has 2 N–H and O–H groups in total. The average molecular weight is 305 g/mol. The number of likely N-dealkylation sites (tertiary alicyclic amines) is 1. The van der Waals surface area contributed by atoms with Crippen LogP contribution in [-0.4, -0.2) is 40.7 Å². The molecule has 0 spiro atoms. The van der Waals surface area contributed by atoms with Crippen molar-refractivity contribution in [3.8, 4) is 0 Å². The summed E-state index contributed by atoms with van der Waals surface area (Å²) in [7, 11) is 0. The normalized spacial score (nSPS) is 20.9. The number of nitrogens with zero attached hydrogens (tertiary/aromatic N) is 1. The number of aliphatic hydroxyl groups is 1. The summed E-state index contributed by atoms with van der Waals surface area (Å²) in [5, 5.41) is 19.9. The summed E-state index contributed by atoms with van der Waals surface area (Å²) in [6, 6.07) is 2.15. The number of aryl methyl sites for hydroxylation is 2. The minimum absolute atomic E-state index is 0.303. The van der Waals surface area contributed by atoms with Crippen molar-refractivity contribution in [1.29, 1.82) is 0 Å². The van der Waals surface area contributed by atoms with E-state index in [1.54, 1.807) is 0 Å². The first-order chi connectivity index (χ1) is 10.3. The Morgan fingerprint density at radius 3 is 2.41 bits per heavy atom. The zero-order chi connectivity index (χ0) is 16.4. The monoisotopic (exact) mass is 305 g/mol. The number of piperidine rings is 1. The Balaban J connectivity index is 2.16. The number of β-amino-alcohol motifs (C(OH)–C–C–N with tert-alkyl or cyclic N) is 1. The maximum Gasteiger partial charge on any atom is 0.307 e. The lowest BCUT2D eigenvalue weighted by Gasteiger charge is -2.33. The fourth-order valence-electron chi connectivity index (χ4n) is 3.51. The van der Waals surface area contributed by atoms with E-state index in [1.807, 2.05) is 0 Å². The second-order valence-corrected chi connectivity index (χ2v) is 6.63. The summed E-state index contributed by atoms with van der Waals surface area (Å²) in [6.45, 7) is 10.2. The van der Waals surface area contributed by atoms with Gasteiger partial charge in [-0.25, -0.2) is 0 Å². The van der Waals surface area contributed by atoms with E-state index in [-0.39, 0.29) is 5.92 Å². The molecular weight excluding hydrogens is 278 g/mol. The molecule has 2 atom stereocenters. The van der Waals surface area contributed by atoms with Gasteiger partial charge in [-0.2, -0.15) is 0 Å². The smallest absolute Gasteiger partial charge is 0.307 e. The minimum Gasteiger partial charge on any atom is -0.481 e. The highest BCUT2D eigenvalue weighted by atomic mass is 16.4. The van der Waals surface area contributed by atoms with Gasteiger partial charge in [0.25, 0.3) is 0 Å². The standard InChI is InChI=1S/C18H27NO3/c1-11-8-12(2)14(4)17(13(11)3)16(20)10-19-7-5-6-15(9-19)18(21)22/h8,15-16,20H,5-7,9-10H2,1-4H3,(H,21,22). The van der Waals surface area contributed by atoms with Crippen LogP contribution in [0.1, 0.15) is 46.8 Å². The van der Waals surface area contributed by atoms with Gasteiger partial charge in [-0.3, -0.25) is 9.69 Å². The van der Waals surface area contributed by atoms with E-state index in [1.165, 1.54) is 11.1 Å². The molecular formula is C18H27NO3. The number of benzene rings is 1. The molecule has 4 nitrogen and oxygen atoms in total. The molecule has 1 saturated heterocycles. The van der Waals surface area contributed by atoms with Gasteiger partial charge in [0.1, 0.15) is 0 Å². The van der Waals surface area contributed by atoms with Gasteiger partial charge < -0.3 is 10.2 Å². The van der Waals surface area contributed by atoms with Crippen LogP contribution in [0.2, 0.25) is 0 Å². The maximum absolute atomic E-state index is 11.2. The molecule has 0 saturated carbocycles. The Morgan fingerprint density at radius 1 is 1.27 bits per heavy atom. The lowest BCUT2D eigenvalue weighted by molar-refractivity contribution is -0.143. The lowest BCUT2D eigenvalue weighted by Crippen LogP contribution is -2.40. The van der Waals surface area contributed by atoms with Gasteiger partial charge in [0.2, 0.25) is 0 Å². The first-order valence-corrected chi connectivity index (χ1v) is 8.01. The molecule has 2 rings (SSSR count). The van der Waals surface area contributed by atoms with E-state index in [2.05, 4.69) is 38.7 Å². The molecule has 0 aliphatic carbocycles. The number of hydrogen-bond donors (Lipinski definition) is 2. The molecule has 4 heteroatoms. The van der Waals surface area contributed by atoms with Gasteiger partial charge in [-0.1, -0.05) is 6.07 Å². The third kappa shape index (κ3) is 3.50. The fourth-order valence-corrected chi connectivity index (χ4v) is 3.51. The second-order valence-electron chi connectivity index (χ2n) is 6.63. The number of carboxylic acids is 1. The molecule has 0 aromatic heterocycles. The van der Waals surface area contributed by atoms with Crippen molar-refractivity contribution in [2.75, 3.05) is 19.6 Å². The van der Waals surface area contributed by atoms with Crippen LogP contribution in [0.4, 0.5) is 0 Å². The van der Waals surface area contributed by atoms with Crippen molar-refractivity contribution < 1.29 is 15.0 Å². The van der Waals surface area contributed by atoms with E-state index >= 15 is 0 Å². The predicted octanol–water partition coefficient (Wildman–Crippen LogP) is 2.75. The van der Waals surface area contributed by atoms with E-state index in [0.717, 1.165) is 36.1 Å². The molecule has 1 fully saturated rings. The summed E-state index contributed by atoms with van der Waals surface area (Å²) in [5.41, 5.74) is 5.68. The largest absolute Gasteiger partial charge is 0.481 e. The molecule has 1 heterocycles. The summed E-state index contributed by atoms with van der Waals surface area (Å²) >= 11 is 0. The summed E-state index contributed by atoms with van der Waals surface area (Å²) in [6.07, 6.45) is 1.06. The van der Waals surface area contributed by atoms with Crippen LogP contribution in [0.15, 0.2) is 6.07 Å². The molecule has 2 unspecified atom stereocenters. The molecule has 1 aromatic carbocycles. The van der Waals surface area contributed by atoms with Gasteiger partial charge in [-0.15, -0.1) is 0 Å². The highest BCUT2D eigenvalue weighted by molar-refractivity contribution is 5.70. The quantitative estimate of drug-likeness (QED) is 0.898. The predicted molar refractivity (Wildman–Crippen MR) is 87.1 cm³/mol. The highest BCUT2D eigenvalue weighted by Crippen LogP contribution is 2.29. The highest BCUT2D eigenvalue weighted by Gasteiger charge is 2.27. The lowest BCUT2D eigenvalue weighted by atomic mass is 9.90. The Kier molecular flexibility index (Phi) is 5.24. The number of hydrogen-bond acceptors (Lipinski definition) is 3. The molecule has 1 aromatic rings. The van der Waals surface area contributed by atoms with E-state index in [4.69, 9.17) is 0 Å². The van der Waals surface area contributed by atoms with Gasteiger partial charge in [0, 0.05) is 13.1 Å². The van der Waals surface area contributed by atoms with Gasteiger partial charge in [0.15, 0.2) is 0 Å². The zero-order valence-electron chi connectivity index (χ0n) is 14.0. The van der Waals surface area contributed by atoms with E-state index in [9.17, 15) is 15.0 Å². The number of aliphatic hydroxyl groups excluding tert-OH is 1. The van der Waals surface area contributed by atoms with Crippen LogP contribution in [0.5, 0.6) is 0 Å². The maximum atomic E-state index is 11.2. The summed E-state index contributed by atoms with van der Waals surface area (Å²) < 4.78 is 0.